The summed E-state index contributed by atoms with van der Waals surface area (Å²) in [4.78, 5) is 23.4. The average Bonchev–Trinajstić information content (AvgIpc) is 2.61. The maximum absolute atomic E-state index is 12.2. The molecular formula is C23H38O4. The van der Waals surface area contributed by atoms with Gasteiger partial charge in [-0.2, -0.15) is 0 Å². The molecule has 4 nitrogen and oxygen atoms in total. The Morgan fingerprint density at radius 3 is 1.96 bits per heavy atom. The smallest absolute Gasteiger partial charge is 0.339 e. The minimum atomic E-state index is -0.619. The maximum Gasteiger partial charge on any atom is 0.339 e. The summed E-state index contributed by atoms with van der Waals surface area (Å²) in [6.45, 7) is 4.19. The average molecular weight is 379 g/mol. The fraction of sp³-hybridized carbons (Fsp3) is 0.739. The van der Waals surface area contributed by atoms with E-state index in [0.717, 1.165) is 18.9 Å². The normalized spacial score (nSPS) is 12.2. The first-order chi connectivity index (χ1) is 13.0. The van der Waals surface area contributed by atoms with E-state index in [4.69, 9.17) is 4.42 Å². The molecule has 1 N–H and O–H groups in total. The molecule has 0 radical (unpaired) electrons. The van der Waals surface area contributed by atoms with Crippen LogP contribution in [0.15, 0.2) is 21.3 Å². The van der Waals surface area contributed by atoms with Crippen molar-refractivity contribution in [3.8, 4) is 5.75 Å². The van der Waals surface area contributed by atoms with Crippen LogP contribution in [0, 0.1) is 5.92 Å². The van der Waals surface area contributed by atoms with Crippen LogP contribution in [0.4, 0.5) is 0 Å². The van der Waals surface area contributed by atoms with Gasteiger partial charge in [-0.3, -0.25) is 4.79 Å². The van der Waals surface area contributed by atoms with Crippen molar-refractivity contribution in [1.29, 1.82) is 0 Å². The van der Waals surface area contributed by atoms with Crippen molar-refractivity contribution in [2.45, 2.75) is 104 Å². The first-order valence-electron chi connectivity index (χ1n) is 10.9. The van der Waals surface area contributed by atoms with E-state index < -0.39 is 5.63 Å². The third-order valence-electron chi connectivity index (χ3n) is 5.20. The fourth-order valence-electron chi connectivity index (χ4n) is 3.40. The molecular weight excluding hydrogens is 340 g/mol. The SMILES string of the molecule is CCCCCCCCCCCCCCC(C)C(=O)Cc1cc(O)cc(=O)o1. The van der Waals surface area contributed by atoms with Crippen molar-refractivity contribution in [3.05, 3.63) is 28.3 Å². The van der Waals surface area contributed by atoms with E-state index in [2.05, 4.69) is 6.92 Å². The van der Waals surface area contributed by atoms with E-state index in [9.17, 15) is 14.7 Å². The van der Waals surface area contributed by atoms with Crippen LogP contribution in [-0.2, 0) is 11.2 Å². The van der Waals surface area contributed by atoms with Gasteiger partial charge in [-0.15, -0.1) is 0 Å². The quantitative estimate of drug-likeness (QED) is 0.349. The molecule has 0 amide bonds. The summed E-state index contributed by atoms with van der Waals surface area (Å²) in [6.07, 6.45) is 16.7. The van der Waals surface area contributed by atoms with Gasteiger partial charge in [0.15, 0.2) is 0 Å². The number of hydrogen-bond donors (Lipinski definition) is 1. The zero-order valence-electron chi connectivity index (χ0n) is 17.3. The van der Waals surface area contributed by atoms with Gasteiger partial charge in [0.25, 0.3) is 0 Å². The van der Waals surface area contributed by atoms with Crippen molar-refractivity contribution in [2.75, 3.05) is 0 Å². The molecule has 1 heterocycles. The summed E-state index contributed by atoms with van der Waals surface area (Å²) in [6, 6.07) is 2.35. The maximum atomic E-state index is 12.2. The van der Waals surface area contributed by atoms with Gasteiger partial charge in [0, 0.05) is 12.0 Å². The summed E-state index contributed by atoms with van der Waals surface area (Å²) >= 11 is 0. The highest BCUT2D eigenvalue weighted by molar-refractivity contribution is 5.82. The Morgan fingerprint density at radius 2 is 1.44 bits per heavy atom. The Hall–Kier alpha value is -1.58. The summed E-state index contributed by atoms with van der Waals surface area (Å²) in [5, 5.41) is 9.40. The van der Waals surface area contributed by atoms with E-state index in [1.807, 2.05) is 6.92 Å². The minimum absolute atomic E-state index is 0.0410. The number of carbonyl (C=O) groups excluding carboxylic acids is 1. The molecule has 1 aromatic heterocycles. The van der Waals surface area contributed by atoms with E-state index in [0.29, 0.717) is 0 Å². The van der Waals surface area contributed by atoms with Crippen LogP contribution >= 0.6 is 0 Å². The molecule has 154 valence electrons. The van der Waals surface area contributed by atoms with E-state index in [-0.39, 0.29) is 29.6 Å². The third kappa shape index (κ3) is 11.7. The number of unbranched alkanes of at least 4 members (excludes halogenated alkanes) is 11. The van der Waals surface area contributed by atoms with Gasteiger partial charge in [-0.1, -0.05) is 90.9 Å². The highest BCUT2D eigenvalue weighted by atomic mass is 16.4. The van der Waals surface area contributed by atoms with Crippen molar-refractivity contribution >= 4 is 5.78 Å². The van der Waals surface area contributed by atoms with Crippen LogP contribution in [0.2, 0.25) is 0 Å². The second-order valence-corrected chi connectivity index (χ2v) is 7.82. The zero-order valence-corrected chi connectivity index (χ0v) is 17.3. The molecule has 0 fully saturated rings. The van der Waals surface area contributed by atoms with Crippen LogP contribution in [0.1, 0.15) is 103 Å². The van der Waals surface area contributed by atoms with E-state index in [1.54, 1.807) is 0 Å². The molecule has 0 aliphatic rings. The highest BCUT2D eigenvalue weighted by Gasteiger charge is 2.15. The lowest BCUT2D eigenvalue weighted by atomic mass is 9.95. The van der Waals surface area contributed by atoms with Crippen LogP contribution < -0.4 is 5.63 Å². The molecule has 1 aromatic rings. The van der Waals surface area contributed by atoms with Crippen molar-refractivity contribution in [1.82, 2.24) is 0 Å². The molecule has 0 saturated carbocycles. The van der Waals surface area contributed by atoms with Crippen molar-refractivity contribution in [3.63, 3.8) is 0 Å². The summed E-state index contributed by atoms with van der Waals surface area (Å²) in [7, 11) is 0. The molecule has 1 unspecified atom stereocenters. The van der Waals surface area contributed by atoms with Gasteiger partial charge >= 0.3 is 5.63 Å². The molecule has 0 bridgehead atoms. The number of carbonyl (C=O) groups is 1. The van der Waals surface area contributed by atoms with Gasteiger partial charge in [0.1, 0.15) is 17.3 Å². The monoisotopic (exact) mass is 378 g/mol. The number of aromatic hydroxyl groups is 1. The Kier molecular flexibility index (Phi) is 12.6. The molecule has 27 heavy (non-hydrogen) atoms. The topological polar surface area (TPSA) is 67.5 Å². The van der Waals surface area contributed by atoms with Crippen molar-refractivity contribution < 1.29 is 14.3 Å². The van der Waals surface area contributed by atoms with Crippen LogP contribution in [0.25, 0.3) is 0 Å². The molecule has 1 rings (SSSR count). The summed E-state index contributed by atoms with van der Waals surface area (Å²) in [5.41, 5.74) is -0.619. The standard InChI is InChI=1S/C23H38O4/c1-3-4-5-6-7-8-9-10-11-12-13-14-15-19(2)22(25)18-21-16-20(24)17-23(26)27-21/h16-17,19,24H,3-15,18H2,1-2H3. The van der Waals surface area contributed by atoms with Gasteiger partial charge in [0.05, 0.1) is 12.5 Å². The Morgan fingerprint density at radius 1 is 0.926 bits per heavy atom. The van der Waals surface area contributed by atoms with Crippen LogP contribution in [0.5, 0.6) is 5.75 Å². The lowest BCUT2D eigenvalue weighted by Gasteiger charge is -2.10. The Balaban J connectivity index is 2.02. The van der Waals surface area contributed by atoms with Gasteiger partial charge in [0.2, 0.25) is 0 Å². The summed E-state index contributed by atoms with van der Waals surface area (Å²) < 4.78 is 4.96. The largest absolute Gasteiger partial charge is 0.508 e. The lowest BCUT2D eigenvalue weighted by molar-refractivity contribution is -0.122. The molecule has 4 heteroatoms. The van der Waals surface area contributed by atoms with Crippen LogP contribution in [0.3, 0.4) is 0 Å². The molecule has 0 saturated heterocycles. The Bertz CT molecular complexity index is 576. The molecule has 0 spiro atoms. The molecule has 0 aromatic carbocycles. The minimum Gasteiger partial charge on any atom is -0.508 e. The summed E-state index contributed by atoms with van der Waals surface area (Å²) in [5.74, 6) is 0.113. The second kappa shape index (κ2) is 14.5. The predicted molar refractivity (Wildman–Crippen MR) is 110 cm³/mol. The fourth-order valence-corrected chi connectivity index (χ4v) is 3.40. The van der Waals surface area contributed by atoms with Gasteiger partial charge < -0.3 is 9.52 Å². The number of Topliss-reactive ketones (excluding diaryl/α,β-unsaturated/α-hetero) is 1. The third-order valence-corrected chi connectivity index (χ3v) is 5.20. The number of ketones is 1. The molecule has 0 aliphatic heterocycles. The predicted octanol–water partition coefficient (Wildman–Crippen LogP) is 6.18. The van der Waals surface area contributed by atoms with Gasteiger partial charge in [-0.05, 0) is 6.42 Å². The highest BCUT2D eigenvalue weighted by Crippen LogP contribution is 2.17. The molecule has 0 aliphatic carbocycles. The zero-order chi connectivity index (χ0) is 19.9. The van der Waals surface area contributed by atoms with Crippen molar-refractivity contribution in [2.24, 2.45) is 5.92 Å². The van der Waals surface area contributed by atoms with Gasteiger partial charge in [-0.25, -0.2) is 4.79 Å². The Labute approximate surface area is 164 Å². The first-order valence-corrected chi connectivity index (χ1v) is 10.9. The number of hydrogen-bond acceptors (Lipinski definition) is 4. The van der Waals surface area contributed by atoms with Crippen LogP contribution in [-0.4, -0.2) is 10.9 Å². The first kappa shape index (κ1) is 23.5. The second-order valence-electron chi connectivity index (χ2n) is 7.82. The molecule has 1 atom stereocenters. The number of rotatable bonds is 16. The lowest BCUT2D eigenvalue weighted by Crippen LogP contribution is -2.14. The van der Waals surface area contributed by atoms with E-state index in [1.165, 1.54) is 76.7 Å². The van der Waals surface area contributed by atoms with E-state index >= 15 is 0 Å².